The lowest BCUT2D eigenvalue weighted by molar-refractivity contribution is -0.118. The molecule has 0 aliphatic rings. The molecule has 0 amide bonds. The molecule has 2 aromatic rings. The van der Waals surface area contributed by atoms with Crippen molar-refractivity contribution in [3.8, 4) is 0 Å². The molecule has 0 saturated carbocycles. The Kier molecular flexibility index (Phi) is 8.14. The molecule has 7 heteroatoms. The van der Waals surface area contributed by atoms with E-state index < -0.39 is 9.84 Å². The summed E-state index contributed by atoms with van der Waals surface area (Å²) in [5.41, 5.74) is 0.835. The van der Waals surface area contributed by atoms with E-state index in [1.54, 1.807) is 42.5 Å². The first kappa shape index (κ1) is 21.4. The third-order valence-electron chi connectivity index (χ3n) is 3.93. The molecule has 0 bridgehead atoms. The van der Waals surface area contributed by atoms with Crippen LogP contribution in [0.25, 0.3) is 0 Å². The average Bonchev–Trinajstić information content (AvgIpc) is 2.58. The summed E-state index contributed by atoms with van der Waals surface area (Å²) in [6, 6.07) is 11.8. The summed E-state index contributed by atoms with van der Waals surface area (Å²) in [6.07, 6.45) is 2.66. The minimum Gasteiger partial charge on any atom is -0.299 e. The van der Waals surface area contributed by atoms with Crippen LogP contribution in [0.15, 0.2) is 51.8 Å². The van der Waals surface area contributed by atoms with Gasteiger partial charge in [-0.15, -0.1) is 0 Å². The van der Waals surface area contributed by atoms with Crippen molar-refractivity contribution in [2.24, 2.45) is 0 Å². The number of benzene rings is 2. The normalized spacial score (nSPS) is 11.5. The van der Waals surface area contributed by atoms with Gasteiger partial charge in [0.1, 0.15) is 5.78 Å². The fourth-order valence-corrected chi connectivity index (χ4v) is 4.47. The van der Waals surface area contributed by atoms with E-state index in [0.717, 1.165) is 10.0 Å². The Morgan fingerprint density at radius 1 is 0.923 bits per heavy atom. The molecule has 0 N–H and O–H groups in total. The van der Waals surface area contributed by atoms with Crippen molar-refractivity contribution < 1.29 is 13.2 Å². The molecule has 0 unspecified atom stereocenters. The van der Waals surface area contributed by atoms with Crippen LogP contribution in [0.2, 0.25) is 10.0 Å². The monoisotopic (exact) mass is 476 g/mol. The molecule has 0 saturated heterocycles. The average molecular weight is 478 g/mol. The lowest BCUT2D eigenvalue weighted by Crippen LogP contribution is -2.07. The van der Waals surface area contributed by atoms with Crippen LogP contribution in [0.3, 0.4) is 0 Å². The van der Waals surface area contributed by atoms with Crippen molar-refractivity contribution >= 4 is 54.8 Å². The predicted octanol–water partition coefficient (Wildman–Crippen LogP) is 5.90. The Labute approximate surface area is 172 Å². The van der Waals surface area contributed by atoms with E-state index in [-0.39, 0.29) is 11.5 Å². The van der Waals surface area contributed by atoms with E-state index in [0.29, 0.717) is 47.0 Å². The van der Waals surface area contributed by atoms with Crippen molar-refractivity contribution in [2.45, 2.75) is 37.0 Å². The zero-order chi connectivity index (χ0) is 19.2. The summed E-state index contributed by atoms with van der Waals surface area (Å²) >= 11 is 15.1. The molecule has 2 aromatic carbocycles. The van der Waals surface area contributed by atoms with Gasteiger partial charge in [0.05, 0.1) is 20.7 Å². The van der Waals surface area contributed by atoms with E-state index >= 15 is 0 Å². The molecule has 26 heavy (non-hydrogen) atoms. The van der Waals surface area contributed by atoms with E-state index in [2.05, 4.69) is 15.9 Å². The number of rotatable bonds is 9. The Bertz CT molecular complexity index is 865. The predicted molar refractivity (Wildman–Crippen MR) is 110 cm³/mol. The van der Waals surface area contributed by atoms with Gasteiger partial charge in [-0.2, -0.15) is 0 Å². The first-order valence-electron chi connectivity index (χ1n) is 8.22. The number of ketones is 1. The maximum Gasteiger partial charge on any atom is 0.178 e. The Hall–Kier alpha value is -0.880. The van der Waals surface area contributed by atoms with Crippen molar-refractivity contribution in [1.82, 2.24) is 0 Å². The molecule has 0 radical (unpaired) electrons. The fourth-order valence-electron chi connectivity index (χ4n) is 2.52. The largest absolute Gasteiger partial charge is 0.299 e. The highest BCUT2D eigenvalue weighted by Crippen LogP contribution is 2.23. The van der Waals surface area contributed by atoms with Crippen LogP contribution in [0, 0.1) is 0 Å². The van der Waals surface area contributed by atoms with E-state index in [4.69, 9.17) is 23.2 Å². The first-order chi connectivity index (χ1) is 12.3. The Morgan fingerprint density at radius 3 is 2.27 bits per heavy atom. The topological polar surface area (TPSA) is 51.2 Å². The number of halogens is 3. The van der Waals surface area contributed by atoms with Gasteiger partial charge in [-0.1, -0.05) is 51.6 Å². The van der Waals surface area contributed by atoms with Gasteiger partial charge in [0.15, 0.2) is 9.84 Å². The molecule has 0 spiro atoms. The summed E-state index contributed by atoms with van der Waals surface area (Å²) in [5.74, 6) is 0.203. The summed E-state index contributed by atoms with van der Waals surface area (Å²) < 4.78 is 25.3. The minimum absolute atomic E-state index is 0.0929. The van der Waals surface area contributed by atoms with E-state index in [1.807, 2.05) is 0 Å². The highest BCUT2D eigenvalue weighted by Gasteiger charge is 2.14. The summed E-state index contributed by atoms with van der Waals surface area (Å²) in [5, 5.41) is 0.907. The van der Waals surface area contributed by atoms with Crippen LogP contribution in [0.5, 0.6) is 0 Å². The molecule has 0 aliphatic heterocycles. The van der Waals surface area contributed by atoms with E-state index in [9.17, 15) is 13.2 Å². The molecular formula is C19H19BrCl2O3S. The van der Waals surface area contributed by atoms with Gasteiger partial charge >= 0.3 is 0 Å². The molecular weight excluding hydrogens is 459 g/mol. The van der Waals surface area contributed by atoms with Gasteiger partial charge in [0, 0.05) is 17.3 Å². The maximum absolute atomic E-state index is 12.2. The zero-order valence-electron chi connectivity index (χ0n) is 14.1. The van der Waals surface area contributed by atoms with Crippen molar-refractivity contribution in [3.63, 3.8) is 0 Å². The zero-order valence-corrected chi connectivity index (χ0v) is 18.0. The molecule has 3 nitrogen and oxygen atoms in total. The van der Waals surface area contributed by atoms with Crippen molar-refractivity contribution in [1.29, 1.82) is 0 Å². The summed E-state index contributed by atoms with van der Waals surface area (Å²) in [6.45, 7) is 0. The number of Topliss-reactive ketones (excluding diaryl/α,β-unsaturated/α-hetero) is 1. The Morgan fingerprint density at radius 2 is 1.62 bits per heavy atom. The van der Waals surface area contributed by atoms with Crippen LogP contribution in [0.4, 0.5) is 0 Å². The van der Waals surface area contributed by atoms with Gasteiger partial charge in [-0.3, -0.25) is 4.79 Å². The molecule has 0 fully saturated rings. The molecule has 2 rings (SSSR count). The maximum atomic E-state index is 12.2. The number of hydrogen-bond acceptors (Lipinski definition) is 3. The van der Waals surface area contributed by atoms with E-state index in [1.165, 1.54) is 0 Å². The van der Waals surface area contributed by atoms with Crippen molar-refractivity contribution in [3.05, 3.63) is 62.5 Å². The molecule has 0 heterocycles. The lowest BCUT2D eigenvalue weighted by atomic mass is 10.0. The van der Waals surface area contributed by atoms with Crippen molar-refractivity contribution in [2.75, 3.05) is 5.75 Å². The van der Waals surface area contributed by atoms with Gasteiger partial charge < -0.3 is 0 Å². The third kappa shape index (κ3) is 6.69. The van der Waals surface area contributed by atoms with Gasteiger partial charge in [0.25, 0.3) is 0 Å². The second-order valence-electron chi connectivity index (χ2n) is 6.05. The quantitative estimate of drug-likeness (QED) is 0.422. The first-order valence-corrected chi connectivity index (χ1v) is 11.4. The fraction of sp³-hybridized carbons (Fsp3) is 0.316. The third-order valence-corrected chi connectivity index (χ3v) is 7.01. The minimum atomic E-state index is -3.27. The molecule has 140 valence electrons. The number of carbonyl (C=O) groups is 1. The highest BCUT2D eigenvalue weighted by molar-refractivity contribution is 9.10. The molecule has 0 atom stereocenters. The smallest absolute Gasteiger partial charge is 0.178 e. The van der Waals surface area contributed by atoms with Gasteiger partial charge in [0.2, 0.25) is 0 Å². The van der Waals surface area contributed by atoms with Crippen LogP contribution in [-0.2, 0) is 21.1 Å². The highest BCUT2D eigenvalue weighted by atomic mass is 79.9. The SMILES string of the molecule is O=C(CCCCCS(=O)(=O)c1ccc(Br)cc1)Cc1ccc(Cl)c(Cl)c1. The second-order valence-corrected chi connectivity index (χ2v) is 9.89. The van der Waals surface area contributed by atoms with Gasteiger partial charge in [-0.25, -0.2) is 8.42 Å². The van der Waals surface area contributed by atoms with Crippen LogP contribution in [-0.4, -0.2) is 20.0 Å². The van der Waals surface area contributed by atoms with Crippen LogP contribution in [0.1, 0.15) is 31.2 Å². The standard InChI is InChI=1S/C19H19BrCl2O3S/c20-15-6-8-17(9-7-15)26(24,25)11-3-1-2-4-16(23)12-14-5-10-18(21)19(22)13-14/h5-10,13H,1-4,11-12H2. The summed E-state index contributed by atoms with van der Waals surface area (Å²) in [4.78, 5) is 12.4. The van der Waals surface area contributed by atoms with Crippen LogP contribution >= 0.6 is 39.1 Å². The Balaban J connectivity index is 1.72. The number of sulfone groups is 1. The molecule has 0 aliphatic carbocycles. The summed E-state index contributed by atoms with van der Waals surface area (Å²) in [7, 11) is -3.27. The second kappa shape index (κ2) is 9.88. The molecule has 0 aromatic heterocycles. The van der Waals surface area contributed by atoms with Crippen LogP contribution < -0.4 is 0 Å². The number of carbonyl (C=O) groups excluding carboxylic acids is 1. The number of hydrogen-bond donors (Lipinski definition) is 0. The van der Waals surface area contributed by atoms with Gasteiger partial charge in [-0.05, 0) is 54.8 Å². The number of unbranched alkanes of at least 4 members (excludes halogenated alkanes) is 2. The lowest BCUT2D eigenvalue weighted by Gasteiger charge is -2.05.